The first-order chi connectivity index (χ1) is 13.7. The molecular weight excluding hydrogens is 362 g/mol. The van der Waals surface area contributed by atoms with Crippen LogP contribution < -0.4 is 20.4 Å². The largest absolute Gasteiger partial charge is 0.351 e. The van der Waals surface area contributed by atoms with E-state index in [1.807, 2.05) is 12.2 Å². The van der Waals surface area contributed by atoms with Gasteiger partial charge in [0.15, 0.2) is 0 Å². The van der Waals surface area contributed by atoms with Gasteiger partial charge in [-0.25, -0.2) is 0 Å². The number of hydrogen-bond donors (Lipinski definition) is 2. The molecule has 1 aromatic rings. The van der Waals surface area contributed by atoms with E-state index < -0.39 is 0 Å². The Balaban J connectivity index is 1.90. The van der Waals surface area contributed by atoms with Crippen molar-refractivity contribution in [1.29, 1.82) is 0 Å². The summed E-state index contributed by atoms with van der Waals surface area (Å²) < 4.78 is 0. The van der Waals surface area contributed by atoms with Gasteiger partial charge in [-0.05, 0) is 53.4 Å². The van der Waals surface area contributed by atoms with Crippen molar-refractivity contribution in [2.45, 2.75) is 70.5 Å². The lowest BCUT2D eigenvalue weighted by atomic mass is 9.80. The molecule has 7 nitrogen and oxygen atoms in total. The molecule has 7 heteroatoms. The van der Waals surface area contributed by atoms with Crippen LogP contribution >= 0.6 is 0 Å². The van der Waals surface area contributed by atoms with E-state index in [0.717, 1.165) is 31.9 Å². The summed E-state index contributed by atoms with van der Waals surface area (Å²) in [4.78, 5) is 18.7. The third-order valence-electron chi connectivity index (χ3n) is 5.51. The first-order valence-electron chi connectivity index (χ1n) is 10.7. The normalized spacial score (nSPS) is 21.0. The van der Waals surface area contributed by atoms with E-state index in [1.165, 1.54) is 12.8 Å². The van der Waals surface area contributed by atoms with Crippen molar-refractivity contribution in [2.24, 2.45) is 0 Å². The Hall–Kier alpha value is -2.15. The van der Waals surface area contributed by atoms with Crippen LogP contribution in [0.4, 0.5) is 17.8 Å². The topological polar surface area (TPSA) is 69.2 Å². The highest BCUT2D eigenvalue weighted by Gasteiger charge is 2.38. The Bertz CT molecular complexity index is 696. The third-order valence-corrected chi connectivity index (χ3v) is 5.51. The van der Waals surface area contributed by atoms with Crippen LogP contribution in [0.1, 0.15) is 53.4 Å². The van der Waals surface area contributed by atoms with Crippen LogP contribution in [0.2, 0.25) is 0 Å². The molecule has 3 heterocycles. The molecule has 0 bridgehead atoms. The molecule has 1 aromatic heterocycles. The summed E-state index contributed by atoms with van der Waals surface area (Å²) in [6.45, 7) is 20.1. The lowest BCUT2D eigenvalue weighted by molar-refractivity contribution is 0.170. The Morgan fingerprint density at radius 2 is 1.62 bits per heavy atom. The van der Waals surface area contributed by atoms with Crippen molar-refractivity contribution in [3.8, 4) is 0 Å². The highest BCUT2D eigenvalue weighted by atomic mass is 15.4. The number of nitrogens with one attached hydrogen (secondary N) is 2. The zero-order valence-electron chi connectivity index (χ0n) is 18.5. The van der Waals surface area contributed by atoms with Gasteiger partial charge in [-0.3, -0.25) is 0 Å². The molecule has 2 aliphatic heterocycles. The minimum Gasteiger partial charge on any atom is -0.351 e. The standard InChI is InChI=1S/C22H37N7/c1-7-11-28(12-8-2)19-24-18(25-20(26-19)29-13-9-10-14-29)23-17-15-21(3,4)27-22(5,6)16-17/h7-8,17,27H,1-2,9-16H2,3-6H3,(H,23,24,25,26). The molecule has 0 spiro atoms. The fraction of sp³-hybridized carbons (Fsp3) is 0.682. The predicted molar refractivity (Wildman–Crippen MR) is 122 cm³/mol. The molecule has 2 saturated heterocycles. The average molecular weight is 400 g/mol. The highest BCUT2D eigenvalue weighted by Crippen LogP contribution is 2.30. The van der Waals surface area contributed by atoms with Crippen LogP contribution in [0.5, 0.6) is 0 Å². The van der Waals surface area contributed by atoms with E-state index >= 15 is 0 Å². The lowest BCUT2D eigenvalue weighted by Gasteiger charge is -2.46. The molecule has 0 unspecified atom stereocenters. The van der Waals surface area contributed by atoms with Gasteiger partial charge in [-0.15, -0.1) is 13.2 Å². The van der Waals surface area contributed by atoms with Gasteiger partial charge in [0.05, 0.1) is 0 Å². The van der Waals surface area contributed by atoms with Crippen LogP contribution in [0, 0.1) is 0 Å². The maximum Gasteiger partial charge on any atom is 0.232 e. The molecule has 0 aromatic carbocycles. The van der Waals surface area contributed by atoms with Gasteiger partial charge >= 0.3 is 0 Å². The van der Waals surface area contributed by atoms with Gasteiger partial charge in [-0.1, -0.05) is 12.2 Å². The van der Waals surface area contributed by atoms with E-state index in [0.29, 0.717) is 31.0 Å². The van der Waals surface area contributed by atoms with Crippen molar-refractivity contribution in [3.63, 3.8) is 0 Å². The fourth-order valence-corrected chi connectivity index (χ4v) is 4.77. The van der Waals surface area contributed by atoms with E-state index in [-0.39, 0.29) is 11.1 Å². The molecule has 0 saturated carbocycles. The van der Waals surface area contributed by atoms with Crippen LogP contribution in [0.25, 0.3) is 0 Å². The first kappa shape index (κ1) is 21.6. The van der Waals surface area contributed by atoms with Crippen LogP contribution in [0.15, 0.2) is 25.3 Å². The summed E-state index contributed by atoms with van der Waals surface area (Å²) in [7, 11) is 0. The minimum atomic E-state index is 0.0603. The molecule has 2 N–H and O–H groups in total. The molecule has 0 aliphatic carbocycles. The summed E-state index contributed by atoms with van der Waals surface area (Å²) >= 11 is 0. The number of anilines is 3. The summed E-state index contributed by atoms with van der Waals surface area (Å²) in [5.41, 5.74) is 0.121. The van der Waals surface area contributed by atoms with Crippen molar-refractivity contribution >= 4 is 17.8 Å². The molecule has 0 radical (unpaired) electrons. The van der Waals surface area contributed by atoms with Crippen molar-refractivity contribution in [1.82, 2.24) is 20.3 Å². The van der Waals surface area contributed by atoms with Gasteiger partial charge in [0, 0.05) is 43.3 Å². The maximum absolute atomic E-state index is 4.80. The molecule has 160 valence electrons. The van der Waals surface area contributed by atoms with E-state index in [9.17, 15) is 0 Å². The van der Waals surface area contributed by atoms with E-state index in [2.05, 4.69) is 61.3 Å². The van der Waals surface area contributed by atoms with E-state index in [4.69, 9.17) is 15.0 Å². The third kappa shape index (κ3) is 5.69. The van der Waals surface area contributed by atoms with Crippen molar-refractivity contribution in [3.05, 3.63) is 25.3 Å². The molecule has 0 atom stereocenters. The van der Waals surface area contributed by atoms with Gasteiger partial charge in [0.1, 0.15) is 0 Å². The Labute approximate surface area is 175 Å². The maximum atomic E-state index is 4.80. The second-order valence-electron chi connectivity index (χ2n) is 9.58. The van der Waals surface area contributed by atoms with Crippen molar-refractivity contribution < 1.29 is 0 Å². The second kappa shape index (κ2) is 8.69. The predicted octanol–water partition coefficient (Wildman–Crippen LogP) is 3.37. The molecule has 0 amide bonds. The number of aromatic nitrogens is 3. The number of piperidine rings is 1. The second-order valence-corrected chi connectivity index (χ2v) is 9.58. The smallest absolute Gasteiger partial charge is 0.232 e. The molecule has 2 fully saturated rings. The number of nitrogens with zero attached hydrogens (tertiary/aromatic N) is 5. The van der Waals surface area contributed by atoms with Gasteiger partial charge in [0.25, 0.3) is 0 Å². The number of hydrogen-bond acceptors (Lipinski definition) is 7. The van der Waals surface area contributed by atoms with E-state index in [1.54, 1.807) is 0 Å². The zero-order chi connectivity index (χ0) is 21.1. The summed E-state index contributed by atoms with van der Waals surface area (Å²) in [5.74, 6) is 2.10. The van der Waals surface area contributed by atoms with Gasteiger partial charge in [0.2, 0.25) is 17.8 Å². The zero-order valence-corrected chi connectivity index (χ0v) is 18.5. The molecular formula is C22H37N7. The monoisotopic (exact) mass is 399 g/mol. The molecule has 2 aliphatic rings. The van der Waals surface area contributed by atoms with Crippen LogP contribution in [0.3, 0.4) is 0 Å². The number of rotatable bonds is 8. The fourth-order valence-electron chi connectivity index (χ4n) is 4.77. The Morgan fingerprint density at radius 1 is 1.03 bits per heavy atom. The van der Waals surface area contributed by atoms with Crippen LogP contribution in [-0.4, -0.2) is 58.3 Å². The molecule has 29 heavy (non-hydrogen) atoms. The van der Waals surface area contributed by atoms with Crippen molar-refractivity contribution in [2.75, 3.05) is 41.3 Å². The highest BCUT2D eigenvalue weighted by molar-refractivity contribution is 5.47. The first-order valence-corrected chi connectivity index (χ1v) is 10.7. The average Bonchev–Trinajstić information content (AvgIpc) is 3.13. The van der Waals surface area contributed by atoms with Crippen LogP contribution in [-0.2, 0) is 0 Å². The Kier molecular flexibility index (Phi) is 6.46. The molecule has 3 rings (SSSR count). The minimum absolute atomic E-state index is 0.0603. The Morgan fingerprint density at radius 3 is 2.17 bits per heavy atom. The quantitative estimate of drug-likeness (QED) is 0.650. The summed E-state index contributed by atoms with van der Waals surface area (Å²) in [6.07, 6.45) is 8.13. The lowest BCUT2D eigenvalue weighted by Crippen LogP contribution is -2.60. The summed E-state index contributed by atoms with van der Waals surface area (Å²) in [5, 5.41) is 7.36. The summed E-state index contributed by atoms with van der Waals surface area (Å²) in [6, 6.07) is 0.301. The van der Waals surface area contributed by atoms with Gasteiger partial charge in [-0.2, -0.15) is 15.0 Å². The van der Waals surface area contributed by atoms with Gasteiger partial charge < -0.3 is 20.4 Å². The SMILES string of the molecule is C=CCN(CC=C)c1nc(NC2CC(C)(C)NC(C)(C)C2)nc(N2CCCC2)n1.